The van der Waals surface area contributed by atoms with Crippen LogP contribution in [0, 0.1) is 0 Å². The largest absolute Gasteiger partial charge is 0.366 e. The molecule has 98 valence electrons. The second-order valence-electron chi connectivity index (χ2n) is 4.16. The standard InChI is InChI=1S/C12H10ClN3O2S/c13-7-2-1-3-8(6-7)14-9-10(17)15-12-16(11(9)18)4-5-19-12/h1-3,6,9,14H,4-5H2. The molecule has 0 aromatic heterocycles. The van der Waals surface area contributed by atoms with Gasteiger partial charge in [-0.3, -0.25) is 14.5 Å². The highest BCUT2D eigenvalue weighted by Gasteiger charge is 2.40. The van der Waals surface area contributed by atoms with Crippen LogP contribution in [0.15, 0.2) is 29.3 Å². The zero-order chi connectivity index (χ0) is 13.4. The van der Waals surface area contributed by atoms with Gasteiger partial charge in [0.05, 0.1) is 0 Å². The van der Waals surface area contributed by atoms with Gasteiger partial charge >= 0.3 is 0 Å². The van der Waals surface area contributed by atoms with E-state index in [4.69, 9.17) is 11.6 Å². The molecule has 0 spiro atoms. The number of thioether (sulfide) groups is 1. The molecule has 2 aliphatic rings. The van der Waals surface area contributed by atoms with E-state index < -0.39 is 11.9 Å². The Hall–Kier alpha value is -1.53. The number of hydrogen-bond donors (Lipinski definition) is 1. The van der Waals surface area contributed by atoms with E-state index in [1.54, 1.807) is 29.2 Å². The first-order chi connectivity index (χ1) is 9.15. The Balaban J connectivity index is 1.85. The Morgan fingerprint density at radius 3 is 3.05 bits per heavy atom. The fourth-order valence-corrected chi connectivity index (χ4v) is 3.13. The van der Waals surface area contributed by atoms with Crippen molar-refractivity contribution in [2.24, 2.45) is 4.99 Å². The number of rotatable bonds is 2. The molecule has 0 saturated carbocycles. The van der Waals surface area contributed by atoms with Gasteiger partial charge in [0, 0.05) is 23.0 Å². The molecule has 1 saturated heterocycles. The number of amidine groups is 1. The number of aliphatic imine (C=N–C) groups is 1. The van der Waals surface area contributed by atoms with E-state index in [9.17, 15) is 9.59 Å². The number of carbonyl (C=O) groups excluding carboxylic acids is 2. The summed E-state index contributed by atoms with van der Waals surface area (Å²) in [6, 6.07) is 5.94. The minimum absolute atomic E-state index is 0.250. The van der Waals surface area contributed by atoms with Gasteiger partial charge in [0.2, 0.25) is 0 Å². The molecule has 7 heteroatoms. The molecule has 0 aliphatic carbocycles. The number of hydrogen-bond acceptors (Lipinski definition) is 4. The summed E-state index contributed by atoms with van der Waals surface area (Å²) in [5, 5.41) is 3.95. The highest BCUT2D eigenvalue weighted by atomic mass is 35.5. The molecule has 0 bridgehead atoms. The first-order valence-corrected chi connectivity index (χ1v) is 7.10. The Labute approximate surface area is 119 Å². The van der Waals surface area contributed by atoms with Gasteiger partial charge in [-0.2, -0.15) is 4.99 Å². The molecule has 1 fully saturated rings. The van der Waals surface area contributed by atoms with Gasteiger partial charge in [0.25, 0.3) is 11.8 Å². The third kappa shape index (κ3) is 2.33. The number of nitrogens with one attached hydrogen (secondary N) is 1. The lowest BCUT2D eigenvalue weighted by Crippen LogP contribution is -2.51. The van der Waals surface area contributed by atoms with Gasteiger partial charge in [-0.1, -0.05) is 29.4 Å². The van der Waals surface area contributed by atoms with E-state index in [2.05, 4.69) is 10.3 Å². The van der Waals surface area contributed by atoms with Crippen molar-refractivity contribution in [3.63, 3.8) is 0 Å². The molecule has 2 aliphatic heterocycles. The van der Waals surface area contributed by atoms with Crippen molar-refractivity contribution in [1.29, 1.82) is 0 Å². The maximum Gasteiger partial charge on any atom is 0.280 e. The smallest absolute Gasteiger partial charge is 0.280 e. The number of anilines is 1. The molecular formula is C12H10ClN3O2S. The second-order valence-corrected chi connectivity index (χ2v) is 5.66. The molecular weight excluding hydrogens is 286 g/mol. The zero-order valence-corrected chi connectivity index (χ0v) is 11.4. The van der Waals surface area contributed by atoms with Crippen LogP contribution in [0.3, 0.4) is 0 Å². The number of carbonyl (C=O) groups is 2. The molecule has 19 heavy (non-hydrogen) atoms. The van der Waals surface area contributed by atoms with Gasteiger partial charge in [0.15, 0.2) is 11.2 Å². The number of halogens is 1. The lowest BCUT2D eigenvalue weighted by molar-refractivity contribution is -0.134. The third-order valence-corrected chi connectivity index (χ3v) is 4.07. The van der Waals surface area contributed by atoms with Crippen molar-refractivity contribution in [2.75, 3.05) is 17.6 Å². The Morgan fingerprint density at radius 1 is 1.42 bits per heavy atom. The average molecular weight is 296 g/mol. The zero-order valence-electron chi connectivity index (χ0n) is 9.80. The fraction of sp³-hybridized carbons (Fsp3) is 0.250. The molecule has 1 unspecified atom stereocenters. The maximum absolute atomic E-state index is 12.2. The van der Waals surface area contributed by atoms with Crippen LogP contribution in [-0.2, 0) is 9.59 Å². The van der Waals surface area contributed by atoms with Crippen LogP contribution < -0.4 is 5.32 Å². The second kappa shape index (κ2) is 4.86. The predicted octanol–water partition coefficient (Wildman–Crippen LogP) is 1.59. The van der Waals surface area contributed by atoms with Gasteiger partial charge in [-0.25, -0.2) is 0 Å². The molecule has 1 aromatic rings. The Kier molecular flexibility index (Phi) is 3.20. The van der Waals surface area contributed by atoms with E-state index in [1.165, 1.54) is 11.8 Å². The van der Waals surface area contributed by atoms with E-state index in [0.717, 1.165) is 5.75 Å². The minimum Gasteiger partial charge on any atom is -0.366 e. The van der Waals surface area contributed by atoms with Crippen LogP contribution in [0.1, 0.15) is 0 Å². The molecule has 1 aromatic carbocycles. The first kappa shape index (κ1) is 12.5. The summed E-state index contributed by atoms with van der Waals surface area (Å²) >= 11 is 7.30. The lowest BCUT2D eigenvalue weighted by atomic mass is 10.2. The number of amides is 2. The first-order valence-electron chi connectivity index (χ1n) is 5.74. The van der Waals surface area contributed by atoms with Crippen molar-refractivity contribution < 1.29 is 9.59 Å². The van der Waals surface area contributed by atoms with Crippen molar-refractivity contribution in [3.05, 3.63) is 29.3 Å². The summed E-state index contributed by atoms with van der Waals surface area (Å²) in [6.07, 6.45) is 0. The van der Waals surface area contributed by atoms with Crippen LogP contribution >= 0.6 is 23.4 Å². The van der Waals surface area contributed by atoms with Crippen molar-refractivity contribution in [2.45, 2.75) is 6.04 Å². The number of fused-ring (bicyclic) bond motifs is 1. The predicted molar refractivity (Wildman–Crippen MR) is 75.5 cm³/mol. The Morgan fingerprint density at radius 2 is 2.26 bits per heavy atom. The summed E-state index contributed by atoms with van der Waals surface area (Å²) in [7, 11) is 0. The van der Waals surface area contributed by atoms with Crippen molar-refractivity contribution >= 4 is 46.0 Å². The monoisotopic (exact) mass is 295 g/mol. The number of benzene rings is 1. The Bertz CT molecular complexity index is 590. The number of nitrogens with zero attached hydrogens (tertiary/aromatic N) is 2. The van der Waals surface area contributed by atoms with E-state index in [1.807, 2.05) is 0 Å². The maximum atomic E-state index is 12.2. The summed E-state index contributed by atoms with van der Waals surface area (Å²) in [6.45, 7) is 0.601. The van der Waals surface area contributed by atoms with Crippen LogP contribution in [0.25, 0.3) is 0 Å². The summed E-state index contributed by atoms with van der Waals surface area (Å²) in [5.41, 5.74) is 0.629. The highest BCUT2D eigenvalue weighted by molar-refractivity contribution is 8.14. The average Bonchev–Trinajstić information content (AvgIpc) is 2.83. The van der Waals surface area contributed by atoms with Gasteiger partial charge in [-0.15, -0.1) is 0 Å². The van der Waals surface area contributed by atoms with Crippen molar-refractivity contribution in [3.8, 4) is 0 Å². The molecule has 1 atom stereocenters. The molecule has 1 N–H and O–H groups in total. The molecule has 0 radical (unpaired) electrons. The van der Waals surface area contributed by atoms with E-state index in [0.29, 0.717) is 22.4 Å². The normalized spacial score (nSPS) is 22.3. The fourth-order valence-electron chi connectivity index (χ4n) is 1.99. The lowest BCUT2D eigenvalue weighted by Gasteiger charge is -2.26. The topological polar surface area (TPSA) is 61.8 Å². The summed E-state index contributed by atoms with van der Waals surface area (Å²) in [5.74, 6) is 0.0764. The molecule has 2 heterocycles. The molecule has 3 rings (SSSR count). The highest BCUT2D eigenvalue weighted by Crippen LogP contribution is 2.24. The third-order valence-electron chi connectivity index (χ3n) is 2.88. The van der Waals surface area contributed by atoms with Crippen LogP contribution in [0.5, 0.6) is 0 Å². The summed E-state index contributed by atoms with van der Waals surface area (Å²) in [4.78, 5) is 29.6. The summed E-state index contributed by atoms with van der Waals surface area (Å²) < 4.78 is 0. The minimum atomic E-state index is -0.957. The van der Waals surface area contributed by atoms with Gasteiger partial charge < -0.3 is 5.32 Å². The van der Waals surface area contributed by atoms with Gasteiger partial charge in [0.1, 0.15) is 0 Å². The van der Waals surface area contributed by atoms with Gasteiger partial charge in [-0.05, 0) is 18.2 Å². The van der Waals surface area contributed by atoms with Crippen LogP contribution in [0.2, 0.25) is 5.02 Å². The molecule has 5 nitrogen and oxygen atoms in total. The van der Waals surface area contributed by atoms with E-state index in [-0.39, 0.29) is 5.91 Å². The van der Waals surface area contributed by atoms with Crippen molar-refractivity contribution in [1.82, 2.24) is 4.90 Å². The molecule has 2 amide bonds. The quantitative estimate of drug-likeness (QED) is 0.842. The SMILES string of the molecule is O=C1N=C2SCCN2C(=O)C1Nc1cccc(Cl)c1. The van der Waals surface area contributed by atoms with E-state index >= 15 is 0 Å². The van der Waals surface area contributed by atoms with Crippen LogP contribution in [-0.4, -0.2) is 40.2 Å². The van der Waals surface area contributed by atoms with Crippen LogP contribution in [0.4, 0.5) is 5.69 Å².